The Morgan fingerprint density at radius 3 is 2.76 bits per heavy atom. The van der Waals surface area contributed by atoms with Gasteiger partial charge in [0.25, 0.3) is 0 Å². The van der Waals surface area contributed by atoms with Gasteiger partial charge >= 0.3 is 5.97 Å². The van der Waals surface area contributed by atoms with Gasteiger partial charge in [0, 0.05) is 29.0 Å². The predicted molar refractivity (Wildman–Crippen MR) is 139 cm³/mol. The standard InChI is InChI=1S/C29H24F2N2O4S/c30-22-10-17-3-4-18(33-24(17)12-23(22)31)14-36-19-5-6-26-21(11-19)28(20-2-1-9-32-25(20)15-37-26)38-16-29(7-8-29)13-27(34)35/h1-6,9-12,28H,7-8,13-16H2,(H,34,35). The van der Waals surface area contributed by atoms with Crippen LogP contribution < -0.4 is 9.47 Å². The normalized spacial score (nSPS) is 17.2. The largest absolute Gasteiger partial charge is 0.487 e. The maximum absolute atomic E-state index is 13.7. The molecule has 38 heavy (non-hydrogen) atoms. The third-order valence-electron chi connectivity index (χ3n) is 7.05. The number of carbonyl (C=O) groups is 1. The number of hydrogen-bond donors (Lipinski definition) is 1. The molecular weight excluding hydrogens is 510 g/mol. The topological polar surface area (TPSA) is 81.5 Å². The fraction of sp³-hybridized carbons (Fsp3) is 0.276. The van der Waals surface area contributed by atoms with E-state index >= 15 is 0 Å². The van der Waals surface area contributed by atoms with E-state index < -0.39 is 17.6 Å². The van der Waals surface area contributed by atoms with E-state index in [-0.39, 0.29) is 23.7 Å². The second-order valence-corrected chi connectivity index (χ2v) is 10.9. The van der Waals surface area contributed by atoms with Crippen LogP contribution in [-0.2, 0) is 18.0 Å². The summed E-state index contributed by atoms with van der Waals surface area (Å²) in [6, 6.07) is 15.2. The molecule has 9 heteroatoms. The molecule has 1 unspecified atom stereocenters. The van der Waals surface area contributed by atoms with E-state index in [1.54, 1.807) is 30.1 Å². The molecule has 1 fully saturated rings. The lowest BCUT2D eigenvalue weighted by Crippen LogP contribution is -2.13. The second-order valence-electron chi connectivity index (χ2n) is 9.84. The highest BCUT2D eigenvalue weighted by molar-refractivity contribution is 7.99. The van der Waals surface area contributed by atoms with E-state index in [0.717, 1.165) is 53.3 Å². The van der Waals surface area contributed by atoms with Crippen molar-refractivity contribution in [2.45, 2.75) is 37.7 Å². The van der Waals surface area contributed by atoms with E-state index in [2.05, 4.69) is 9.97 Å². The number of halogens is 2. The molecule has 0 saturated heterocycles. The van der Waals surface area contributed by atoms with Crippen LogP contribution in [0.15, 0.2) is 60.8 Å². The van der Waals surface area contributed by atoms with Crippen LogP contribution in [0, 0.1) is 17.0 Å². The number of nitrogens with zero attached hydrogens (tertiary/aromatic N) is 2. The van der Waals surface area contributed by atoms with Crippen LogP contribution in [-0.4, -0.2) is 26.8 Å². The van der Waals surface area contributed by atoms with Crippen LogP contribution in [0.3, 0.4) is 0 Å². The van der Waals surface area contributed by atoms with Gasteiger partial charge in [-0.1, -0.05) is 12.1 Å². The Morgan fingerprint density at radius 1 is 1.11 bits per heavy atom. The number of ether oxygens (including phenoxy) is 2. The molecule has 1 atom stereocenters. The number of aliphatic carboxylic acids is 1. The average Bonchev–Trinajstić information content (AvgIpc) is 3.68. The third-order valence-corrected chi connectivity index (χ3v) is 8.67. The Morgan fingerprint density at radius 2 is 1.95 bits per heavy atom. The molecule has 2 aliphatic rings. The first-order valence-electron chi connectivity index (χ1n) is 12.3. The van der Waals surface area contributed by atoms with Crippen molar-refractivity contribution in [2.24, 2.45) is 5.41 Å². The molecule has 1 aliphatic heterocycles. The summed E-state index contributed by atoms with van der Waals surface area (Å²) in [5.74, 6) is -0.540. The van der Waals surface area contributed by atoms with E-state index in [9.17, 15) is 18.7 Å². The van der Waals surface area contributed by atoms with Crippen molar-refractivity contribution >= 4 is 28.6 Å². The molecule has 0 spiro atoms. The first-order valence-corrected chi connectivity index (χ1v) is 13.4. The summed E-state index contributed by atoms with van der Waals surface area (Å²) < 4.78 is 39.4. The lowest BCUT2D eigenvalue weighted by atomic mass is 10.0. The van der Waals surface area contributed by atoms with Crippen LogP contribution >= 0.6 is 11.8 Å². The summed E-state index contributed by atoms with van der Waals surface area (Å²) in [5, 5.41) is 9.78. The van der Waals surface area contributed by atoms with Crippen LogP contribution in [0.4, 0.5) is 8.78 Å². The highest BCUT2D eigenvalue weighted by atomic mass is 32.2. The molecule has 1 saturated carbocycles. The van der Waals surface area contributed by atoms with Crippen molar-refractivity contribution in [3.63, 3.8) is 0 Å². The van der Waals surface area contributed by atoms with Gasteiger partial charge in [-0.2, -0.15) is 0 Å². The fourth-order valence-electron chi connectivity index (χ4n) is 4.78. The number of hydrogen-bond acceptors (Lipinski definition) is 6. The smallest absolute Gasteiger partial charge is 0.303 e. The van der Waals surface area contributed by atoms with Gasteiger partial charge in [0.05, 0.1) is 28.6 Å². The SMILES string of the molecule is O=C(O)CC1(CSC2c3cc(OCc4ccc5cc(F)c(F)cc5n4)ccc3OCc3ncccc32)CC1. The van der Waals surface area contributed by atoms with E-state index in [1.807, 2.05) is 30.3 Å². The van der Waals surface area contributed by atoms with Crippen molar-refractivity contribution in [1.29, 1.82) is 0 Å². The maximum atomic E-state index is 13.7. The monoisotopic (exact) mass is 534 g/mol. The Labute approximate surface area is 222 Å². The number of thioether (sulfide) groups is 1. The number of carboxylic acid groups (broad SMARTS) is 1. The lowest BCUT2D eigenvalue weighted by molar-refractivity contribution is -0.138. The van der Waals surface area contributed by atoms with Gasteiger partial charge in [0.1, 0.15) is 24.7 Å². The number of rotatable bonds is 8. The van der Waals surface area contributed by atoms with E-state index in [1.165, 1.54) is 0 Å². The fourth-order valence-corrected chi connectivity index (χ4v) is 6.45. The minimum Gasteiger partial charge on any atom is -0.487 e. The van der Waals surface area contributed by atoms with Gasteiger partial charge in [0.15, 0.2) is 11.6 Å². The molecule has 2 aromatic carbocycles. The average molecular weight is 535 g/mol. The molecule has 0 amide bonds. The maximum Gasteiger partial charge on any atom is 0.303 e. The van der Waals surface area contributed by atoms with Crippen molar-refractivity contribution in [1.82, 2.24) is 9.97 Å². The lowest BCUT2D eigenvalue weighted by Gasteiger charge is -2.22. The Bertz CT molecular complexity index is 1540. The molecular formula is C29H24F2N2O4S. The summed E-state index contributed by atoms with van der Waals surface area (Å²) in [6.45, 7) is 0.491. The summed E-state index contributed by atoms with van der Waals surface area (Å²) in [6.07, 6.45) is 3.76. The predicted octanol–water partition coefficient (Wildman–Crippen LogP) is 6.46. The number of benzene rings is 2. The zero-order chi connectivity index (χ0) is 26.3. The summed E-state index contributed by atoms with van der Waals surface area (Å²) >= 11 is 1.72. The minimum absolute atomic E-state index is 0.0947. The van der Waals surface area contributed by atoms with Crippen LogP contribution in [0.5, 0.6) is 11.5 Å². The van der Waals surface area contributed by atoms with Gasteiger partial charge in [-0.25, -0.2) is 13.8 Å². The number of pyridine rings is 2. The van der Waals surface area contributed by atoms with Crippen molar-refractivity contribution < 1.29 is 28.2 Å². The van der Waals surface area contributed by atoms with E-state index in [0.29, 0.717) is 29.0 Å². The molecule has 6 nitrogen and oxygen atoms in total. The molecule has 6 rings (SSSR count). The molecule has 194 valence electrons. The van der Waals surface area contributed by atoms with Gasteiger partial charge in [-0.3, -0.25) is 9.78 Å². The molecule has 1 aliphatic carbocycles. The van der Waals surface area contributed by atoms with Crippen LogP contribution in [0.25, 0.3) is 10.9 Å². The minimum atomic E-state index is -0.941. The molecule has 0 bridgehead atoms. The van der Waals surface area contributed by atoms with Gasteiger partial charge in [-0.05, 0) is 60.2 Å². The molecule has 4 aromatic rings. The molecule has 1 N–H and O–H groups in total. The first kappa shape index (κ1) is 24.6. The van der Waals surface area contributed by atoms with Gasteiger partial charge < -0.3 is 14.6 Å². The second kappa shape index (κ2) is 9.87. The molecule has 2 aromatic heterocycles. The first-order chi connectivity index (χ1) is 18.4. The quantitative estimate of drug-likeness (QED) is 0.278. The molecule has 3 heterocycles. The summed E-state index contributed by atoms with van der Waals surface area (Å²) in [5.41, 5.74) is 3.62. The third kappa shape index (κ3) is 5.03. The van der Waals surface area contributed by atoms with Gasteiger partial charge in [0.2, 0.25) is 0 Å². The van der Waals surface area contributed by atoms with Crippen molar-refractivity contribution in [2.75, 3.05) is 5.75 Å². The number of carboxylic acids is 1. The Kier molecular flexibility index (Phi) is 6.39. The highest BCUT2D eigenvalue weighted by Gasteiger charge is 2.45. The number of fused-ring (bicyclic) bond motifs is 3. The Balaban J connectivity index is 1.26. The Hall–Kier alpha value is -3.72. The number of aromatic nitrogens is 2. The van der Waals surface area contributed by atoms with Gasteiger partial charge in [-0.15, -0.1) is 11.8 Å². The summed E-state index contributed by atoms with van der Waals surface area (Å²) in [4.78, 5) is 20.3. The van der Waals surface area contributed by atoms with Crippen LogP contribution in [0.1, 0.15) is 47.0 Å². The molecule has 0 radical (unpaired) electrons. The van der Waals surface area contributed by atoms with Crippen molar-refractivity contribution in [3.05, 3.63) is 94.9 Å². The van der Waals surface area contributed by atoms with Crippen LogP contribution in [0.2, 0.25) is 0 Å². The van der Waals surface area contributed by atoms with Crippen molar-refractivity contribution in [3.8, 4) is 11.5 Å². The zero-order valence-electron chi connectivity index (χ0n) is 20.3. The zero-order valence-corrected chi connectivity index (χ0v) is 21.1. The highest BCUT2D eigenvalue weighted by Crippen LogP contribution is 2.55. The summed E-state index contributed by atoms with van der Waals surface area (Å²) in [7, 11) is 0. The van der Waals surface area contributed by atoms with E-state index in [4.69, 9.17) is 9.47 Å².